The molecule has 0 amide bonds. The second-order valence-corrected chi connectivity index (χ2v) is 4.82. The van der Waals surface area contributed by atoms with Gasteiger partial charge in [0.1, 0.15) is 5.75 Å². The minimum Gasteiger partial charge on any atom is -0.406 e. The van der Waals surface area contributed by atoms with Gasteiger partial charge in [0.15, 0.2) is 0 Å². The first-order chi connectivity index (χ1) is 9.80. The second-order valence-electron chi connectivity index (χ2n) is 4.82. The summed E-state index contributed by atoms with van der Waals surface area (Å²) in [6, 6.07) is 9.53. The van der Waals surface area contributed by atoms with E-state index in [1.807, 2.05) is 26.0 Å². The number of rotatable bonds is 3. The van der Waals surface area contributed by atoms with Crippen LogP contribution in [0.2, 0.25) is 0 Å². The highest BCUT2D eigenvalue weighted by Crippen LogP contribution is 2.28. The molecule has 5 heteroatoms. The Morgan fingerprint density at radius 3 is 1.90 bits per heavy atom. The number of benzene rings is 2. The molecule has 0 aliphatic carbocycles. The fourth-order valence-corrected chi connectivity index (χ4v) is 2.26. The summed E-state index contributed by atoms with van der Waals surface area (Å²) >= 11 is 0. The third kappa shape index (κ3) is 3.76. The van der Waals surface area contributed by atoms with Crippen LogP contribution in [-0.4, -0.2) is 11.5 Å². The van der Waals surface area contributed by atoms with E-state index in [-0.39, 0.29) is 12.4 Å². The predicted molar refractivity (Wildman–Crippen MR) is 74.0 cm³/mol. The van der Waals surface area contributed by atoms with Gasteiger partial charge in [0.25, 0.3) is 0 Å². The molecule has 0 aliphatic rings. The molecule has 112 valence electrons. The lowest BCUT2D eigenvalue weighted by Gasteiger charge is -2.12. The Kier molecular flexibility index (Phi) is 4.23. The Morgan fingerprint density at radius 2 is 1.48 bits per heavy atom. The van der Waals surface area contributed by atoms with Gasteiger partial charge in [0, 0.05) is 0 Å². The summed E-state index contributed by atoms with van der Waals surface area (Å²) in [4.78, 5) is 0. The second kappa shape index (κ2) is 5.77. The molecule has 0 radical (unpaired) electrons. The van der Waals surface area contributed by atoms with Crippen LogP contribution in [-0.2, 0) is 6.61 Å². The Balaban J connectivity index is 2.31. The van der Waals surface area contributed by atoms with E-state index < -0.39 is 6.36 Å². The summed E-state index contributed by atoms with van der Waals surface area (Å²) in [7, 11) is 0. The van der Waals surface area contributed by atoms with Gasteiger partial charge in [-0.1, -0.05) is 24.3 Å². The summed E-state index contributed by atoms with van der Waals surface area (Å²) in [5.41, 5.74) is 4.45. The zero-order valence-corrected chi connectivity index (χ0v) is 11.7. The van der Waals surface area contributed by atoms with Crippen LogP contribution in [0, 0.1) is 13.8 Å². The molecule has 2 nitrogen and oxygen atoms in total. The van der Waals surface area contributed by atoms with Gasteiger partial charge >= 0.3 is 6.36 Å². The van der Waals surface area contributed by atoms with Gasteiger partial charge in [-0.15, -0.1) is 13.2 Å². The maximum Gasteiger partial charge on any atom is 0.573 e. The van der Waals surface area contributed by atoms with Crippen molar-refractivity contribution in [1.29, 1.82) is 0 Å². The van der Waals surface area contributed by atoms with E-state index in [9.17, 15) is 18.3 Å². The van der Waals surface area contributed by atoms with Gasteiger partial charge in [-0.05, 0) is 53.8 Å². The SMILES string of the molecule is Cc1cc(-c2ccc(OC(F)(F)F)cc2)cc(C)c1CO. The van der Waals surface area contributed by atoms with Gasteiger partial charge < -0.3 is 9.84 Å². The average Bonchev–Trinajstić information content (AvgIpc) is 2.37. The van der Waals surface area contributed by atoms with Crippen LogP contribution < -0.4 is 4.74 Å². The van der Waals surface area contributed by atoms with Gasteiger partial charge in [0.05, 0.1) is 6.61 Å². The summed E-state index contributed by atoms with van der Waals surface area (Å²) in [5.74, 6) is -0.244. The number of hydrogen-bond acceptors (Lipinski definition) is 2. The van der Waals surface area contributed by atoms with Crippen LogP contribution in [0.5, 0.6) is 5.75 Å². The Bertz CT molecular complexity index is 608. The average molecular weight is 296 g/mol. The number of ether oxygens (including phenoxy) is 1. The fourth-order valence-electron chi connectivity index (χ4n) is 2.26. The van der Waals surface area contributed by atoms with E-state index in [4.69, 9.17) is 0 Å². The highest BCUT2D eigenvalue weighted by Gasteiger charge is 2.30. The smallest absolute Gasteiger partial charge is 0.406 e. The summed E-state index contributed by atoms with van der Waals surface area (Å²) in [6.45, 7) is 3.75. The Labute approximate surface area is 120 Å². The van der Waals surface area contributed by atoms with Gasteiger partial charge in [-0.3, -0.25) is 0 Å². The molecule has 0 unspecified atom stereocenters. The number of halogens is 3. The van der Waals surface area contributed by atoms with Crippen molar-refractivity contribution in [3.05, 3.63) is 53.1 Å². The molecule has 1 N–H and O–H groups in total. The normalized spacial score (nSPS) is 11.5. The number of alkyl halides is 3. The first-order valence-electron chi connectivity index (χ1n) is 6.37. The third-order valence-corrected chi connectivity index (χ3v) is 3.28. The van der Waals surface area contributed by atoms with Crippen LogP contribution in [0.15, 0.2) is 36.4 Å². The Morgan fingerprint density at radius 1 is 0.952 bits per heavy atom. The predicted octanol–water partition coefficient (Wildman–Crippen LogP) is 4.36. The minimum absolute atomic E-state index is 0.0314. The van der Waals surface area contributed by atoms with Crippen molar-refractivity contribution < 1.29 is 23.0 Å². The van der Waals surface area contributed by atoms with Crippen molar-refractivity contribution in [2.24, 2.45) is 0 Å². The van der Waals surface area contributed by atoms with Crippen molar-refractivity contribution in [3.63, 3.8) is 0 Å². The van der Waals surface area contributed by atoms with E-state index in [1.165, 1.54) is 12.1 Å². The molecule has 2 aromatic rings. The number of aryl methyl sites for hydroxylation is 2. The van der Waals surface area contributed by atoms with Crippen molar-refractivity contribution in [2.45, 2.75) is 26.8 Å². The summed E-state index contributed by atoms with van der Waals surface area (Å²) < 4.78 is 40.2. The first kappa shape index (κ1) is 15.4. The zero-order valence-electron chi connectivity index (χ0n) is 11.7. The number of aliphatic hydroxyl groups is 1. The van der Waals surface area contributed by atoms with E-state index in [0.29, 0.717) is 0 Å². The van der Waals surface area contributed by atoms with Crippen LogP contribution >= 0.6 is 0 Å². The van der Waals surface area contributed by atoms with E-state index in [0.717, 1.165) is 27.8 Å². The molecule has 0 aromatic heterocycles. The molecule has 0 saturated heterocycles. The lowest BCUT2D eigenvalue weighted by atomic mass is 9.96. The highest BCUT2D eigenvalue weighted by molar-refractivity contribution is 5.66. The van der Waals surface area contributed by atoms with Gasteiger partial charge in [-0.2, -0.15) is 0 Å². The lowest BCUT2D eigenvalue weighted by Crippen LogP contribution is -2.16. The van der Waals surface area contributed by atoms with Gasteiger partial charge in [0.2, 0.25) is 0 Å². The maximum absolute atomic E-state index is 12.1. The fraction of sp³-hybridized carbons (Fsp3) is 0.250. The molecule has 0 spiro atoms. The van der Waals surface area contributed by atoms with Crippen molar-refractivity contribution in [3.8, 4) is 16.9 Å². The quantitative estimate of drug-likeness (QED) is 0.911. The standard InChI is InChI=1S/C16H15F3O2/c1-10-7-13(8-11(2)15(10)9-20)12-3-5-14(6-4-12)21-16(17,18)19/h3-8,20H,9H2,1-2H3. The topological polar surface area (TPSA) is 29.5 Å². The Hall–Kier alpha value is -2.01. The highest BCUT2D eigenvalue weighted by atomic mass is 19.4. The summed E-state index contributed by atoms with van der Waals surface area (Å²) in [5, 5.41) is 9.28. The van der Waals surface area contributed by atoms with Crippen LogP contribution in [0.3, 0.4) is 0 Å². The minimum atomic E-state index is -4.68. The largest absolute Gasteiger partial charge is 0.573 e. The molecule has 0 atom stereocenters. The first-order valence-corrected chi connectivity index (χ1v) is 6.37. The molecule has 2 aromatic carbocycles. The maximum atomic E-state index is 12.1. The molecular weight excluding hydrogens is 281 g/mol. The van der Waals surface area contributed by atoms with E-state index >= 15 is 0 Å². The molecule has 0 bridgehead atoms. The zero-order chi connectivity index (χ0) is 15.6. The van der Waals surface area contributed by atoms with Gasteiger partial charge in [-0.25, -0.2) is 0 Å². The molecule has 2 rings (SSSR count). The van der Waals surface area contributed by atoms with Crippen LogP contribution in [0.25, 0.3) is 11.1 Å². The third-order valence-electron chi connectivity index (χ3n) is 3.28. The van der Waals surface area contributed by atoms with E-state index in [2.05, 4.69) is 4.74 Å². The monoisotopic (exact) mass is 296 g/mol. The number of aliphatic hydroxyl groups excluding tert-OH is 1. The molecule has 0 fully saturated rings. The van der Waals surface area contributed by atoms with Crippen molar-refractivity contribution in [1.82, 2.24) is 0 Å². The summed E-state index contributed by atoms with van der Waals surface area (Å²) in [6.07, 6.45) is -4.68. The molecule has 0 saturated carbocycles. The van der Waals surface area contributed by atoms with Crippen molar-refractivity contribution >= 4 is 0 Å². The van der Waals surface area contributed by atoms with Crippen LogP contribution in [0.1, 0.15) is 16.7 Å². The van der Waals surface area contributed by atoms with E-state index in [1.54, 1.807) is 12.1 Å². The van der Waals surface area contributed by atoms with Crippen LogP contribution in [0.4, 0.5) is 13.2 Å². The number of hydrogen-bond donors (Lipinski definition) is 1. The molecular formula is C16H15F3O2. The van der Waals surface area contributed by atoms with Crippen molar-refractivity contribution in [2.75, 3.05) is 0 Å². The lowest BCUT2D eigenvalue weighted by molar-refractivity contribution is -0.274. The molecule has 21 heavy (non-hydrogen) atoms. The molecule has 0 aliphatic heterocycles. The molecule has 0 heterocycles.